The van der Waals surface area contributed by atoms with Crippen molar-refractivity contribution in [2.75, 3.05) is 7.05 Å². The molecule has 0 saturated heterocycles. The number of sulfonamides is 1. The quantitative estimate of drug-likeness (QED) is 0.823. The zero-order valence-corrected chi connectivity index (χ0v) is 14.0. The van der Waals surface area contributed by atoms with Crippen molar-refractivity contribution in [3.8, 4) is 0 Å². The van der Waals surface area contributed by atoms with Crippen LogP contribution >= 0.6 is 11.3 Å². The fraction of sp³-hybridized carbons (Fsp3) is 0.500. The molecule has 7 nitrogen and oxygen atoms in total. The van der Waals surface area contributed by atoms with Crippen LogP contribution in [0.5, 0.6) is 0 Å². The van der Waals surface area contributed by atoms with Gasteiger partial charge in [-0.3, -0.25) is 0 Å². The molecule has 0 aliphatic carbocycles. The second kappa shape index (κ2) is 6.22. The molecule has 1 atom stereocenters. The molecular formula is C12H19N5O2S2. The van der Waals surface area contributed by atoms with E-state index in [0.717, 1.165) is 9.75 Å². The molecule has 0 radical (unpaired) electrons. The number of aromatic nitrogens is 3. The number of nitrogens with one attached hydrogen (secondary N) is 2. The van der Waals surface area contributed by atoms with Crippen molar-refractivity contribution in [3.05, 3.63) is 28.0 Å². The predicted octanol–water partition coefficient (Wildman–Crippen LogP) is 0.944. The Morgan fingerprint density at radius 2 is 2.19 bits per heavy atom. The van der Waals surface area contributed by atoms with Crippen molar-refractivity contribution in [1.82, 2.24) is 24.8 Å². The highest BCUT2D eigenvalue weighted by Gasteiger charge is 2.24. The Bertz CT molecular complexity index is 720. The van der Waals surface area contributed by atoms with Gasteiger partial charge in [0.25, 0.3) is 0 Å². The molecule has 0 bridgehead atoms. The topological polar surface area (TPSA) is 88.9 Å². The number of hydrogen-bond donors (Lipinski definition) is 2. The number of aryl methyl sites for hydroxylation is 2. The molecule has 0 aliphatic heterocycles. The van der Waals surface area contributed by atoms with Crippen LogP contribution < -0.4 is 10.0 Å². The molecule has 2 aromatic heterocycles. The van der Waals surface area contributed by atoms with Crippen molar-refractivity contribution >= 4 is 21.4 Å². The first-order valence-corrected chi connectivity index (χ1v) is 8.75. The lowest BCUT2D eigenvalue weighted by molar-refractivity contribution is 0.553. The lowest BCUT2D eigenvalue weighted by atomic mass is 10.3. The smallest absolute Gasteiger partial charge is 0.242 e. The molecule has 0 fully saturated rings. The van der Waals surface area contributed by atoms with Gasteiger partial charge in [0.2, 0.25) is 10.0 Å². The molecule has 21 heavy (non-hydrogen) atoms. The number of hydrogen-bond acceptors (Lipinski definition) is 6. The summed E-state index contributed by atoms with van der Waals surface area (Å²) in [6, 6.07) is 1.26. The largest absolute Gasteiger partial charge is 0.319 e. The van der Waals surface area contributed by atoms with Gasteiger partial charge in [-0.1, -0.05) is 0 Å². The van der Waals surface area contributed by atoms with Crippen LogP contribution in [0.4, 0.5) is 0 Å². The maximum absolute atomic E-state index is 12.5. The third kappa shape index (κ3) is 3.49. The van der Waals surface area contributed by atoms with E-state index in [9.17, 15) is 8.42 Å². The molecule has 2 N–H and O–H groups in total. The molecular weight excluding hydrogens is 310 g/mol. The summed E-state index contributed by atoms with van der Waals surface area (Å²) in [7, 11) is 0.0308. The average molecular weight is 329 g/mol. The molecule has 2 aromatic rings. The maximum Gasteiger partial charge on any atom is 0.242 e. The van der Waals surface area contributed by atoms with Gasteiger partial charge in [-0.25, -0.2) is 13.1 Å². The van der Waals surface area contributed by atoms with E-state index in [2.05, 4.69) is 20.2 Å². The fourth-order valence-electron chi connectivity index (χ4n) is 2.09. The maximum atomic E-state index is 12.5. The zero-order valence-electron chi connectivity index (χ0n) is 12.4. The Labute approximate surface area is 128 Å². The third-order valence-electron chi connectivity index (χ3n) is 3.03. The van der Waals surface area contributed by atoms with E-state index in [1.165, 1.54) is 11.3 Å². The van der Waals surface area contributed by atoms with E-state index < -0.39 is 16.1 Å². The summed E-state index contributed by atoms with van der Waals surface area (Å²) in [4.78, 5) is 2.09. The van der Waals surface area contributed by atoms with E-state index in [-0.39, 0.29) is 0 Å². The average Bonchev–Trinajstić information content (AvgIpc) is 2.96. The van der Waals surface area contributed by atoms with Crippen molar-refractivity contribution < 1.29 is 8.42 Å². The SMILES string of the molecule is CNCc1cc(S(=O)(=O)NC(C)c2nncn2C)c(C)s1. The van der Waals surface area contributed by atoms with Gasteiger partial charge in [-0.2, -0.15) is 0 Å². The van der Waals surface area contributed by atoms with Gasteiger partial charge in [0, 0.05) is 23.3 Å². The second-order valence-electron chi connectivity index (χ2n) is 4.81. The van der Waals surface area contributed by atoms with Crippen molar-refractivity contribution in [3.63, 3.8) is 0 Å². The van der Waals surface area contributed by atoms with E-state index >= 15 is 0 Å². The normalized spacial score (nSPS) is 13.5. The molecule has 0 spiro atoms. The molecule has 1 unspecified atom stereocenters. The van der Waals surface area contributed by atoms with E-state index in [1.54, 1.807) is 30.9 Å². The molecule has 9 heteroatoms. The Hall–Kier alpha value is -1.29. The lowest BCUT2D eigenvalue weighted by Crippen LogP contribution is -2.28. The summed E-state index contributed by atoms with van der Waals surface area (Å²) >= 11 is 1.48. The van der Waals surface area contributed by atoms with Gasteiger partial charge in [0.1, 0.15) is 12.2 Å². The van der Waals surface area contributed by atoms with Crippen LogP contribution in [0.15, 0.2) is 17.3 Å². The van der Waals surface area contributed by atoms with Crippen LogP contribution in [0.25, 0.3) is 0 Å². The van der Waals surface area contributed by atoms with Gasteiger partial charge >= 0.3 is 0 Å². The highest BCUT2D eigenvalue weighted by Crippen LogP contribution is 2.26. The van der Waals surface area contributed by atoms with Crippen molar-refractivity contribution in [2.45, 2.75) is 31.3 Å². The zero-order chi connectivity index (χ0) is 15.6. The van der Waals surface area contributed by atoms with Gasteiger partial charge in [0.05, 0.1) is 10.9 Å². The van der Waals surface area contributed by atoms with Gasteiger partial charge in [-0.15, -0.1) is 21.5 Å². The van der Waals surface area contributed by atoms with Crippen LogP contribution in [0.1, 0.15) is 28.5 Å². The Balaban J connectivity index is 2.24. The number of thiophene rings is 1. The summed E-state index contributed by atoms with van der Waals surface area (Å²) in [6.07, 6.45) is 1.54. The first-order valence-electron chi connectivity index (χ1n) is 6.45. The van der Waals surface area contributed by atoms with Crippen LogP contribution in [-0.2, 0) is 23.6 Å². The predicted molar refractivity (Wildman–Crippen MR) is 81.6 cm³/mol. The van der Waals surface area contributed by atoms with Crippen LogP contribution in [0.3, 0.4) is 0 Å². The molecule has 0 saturated carbocycles. The summed E-state index contributed by atoms with van der Waals surface area (Å²) in [6.45, 7) is 4.21. The number of nitrogens with zero attached hydrogens (tertiary/aromatic N) is 3. The van der Waals surface area contributed by atoms with Crippen molar-refractivity contribution in [1.29, 1.82) is 0 Å². The van der Waals surface area contributed by atoms with Gasteiger partial charge in [0.15, 0.2) is 0 Å². The van der Waals surface area contributed by atoms with Crippen molar-refractivity contribution in [2.24, 2.45) is 7.05 Å². The summed E-state index contributed by atoms with van der Waals surface area (Å²) in [5.74, 6) is 0.571. The first kappa shape index (κ1) is 16.1. The minimum atomic E-state index is -3.58. The molecule has 116 valence electrons. The summed E-state index contributed by atoms with van der Waals surface area (Å²) in [5.41, 5.74) is 0. The highest BCUT2D eigenvalue weighted by molar-refractivity contribution is 7.89. The lowest BCUT2D eigenvalue weighted by Gasteiger charge is -2.13. The first-order chi connectivity index (χ1) is 9.85. The molecule has 2 rings (SSSR count). The second-order valence-corrected chi connectivity index (χ2v) is 7.83. The highest BCUT2D eigenvalue weighted by atomic mass is 32.2. The van der Waals surface area contributed by atoms with Gasteiger partial charge < -0.3 is 9.88 Å². The monoisotopic (exact) mass is 329 g/mol. The third-order valence-corrected chi connectivity index (χ3v) is 5.88. The van der Waals surface area contributed by atoms with E-state index in [4.69, 9.17) is 0 Å². The number of rotatable bonds is 6. The van der Waals surface area contributed by atoms with E-state index in [1.807, 2.05) is 14.0 Å². The summed E-state index contributed by atoms with van der Waals surface area (Å²) < 4.78 is 29.4. The molecule has 0 amide bonds. The molecule has 0 aliphatic rings. The van der Waals surface area contributed by atoms with Crippen LogP contribution in [0.2, 0.25) is 0 Å². The van der Waals surface area contributed by atoms with Crippen LogP contribution in [0, 0.1) is 6.92 Å². The minimum absolute atomic E-state index is 0.326. The van der Waals surface area contributed by atoms with E-state index in [0.29, 0.717) is 17.3 Å². The fourth-order valence-corrected chi connectivity index (χ4v) is 4.93. The standard InChI is InChI=1S/C12H19N5O2S2/c1-8(12-15-14-7-17(12)4)16-21(18,19)11-5-10(6-13-3)20-9(11)2/h5,7-8,13,16H,6H2,1-4H3. The Morgan fingerprint density at radius 1 is 1.48 bits per heavy atom. The van der Waals surface area contributed by atoms with Crippen LogP contribution in [-0.4, -0.2) is 30.2 Å². The van der Waals surface area contributed by atoms with Gasteiger partial charge in [-0.05, 0) is 27.0 Å². The Kier molecular flexibility index (Phi) is 4.77. The molecule has 2 heterocycles. The minimum Gasteiger partial charge on any atom is -0.319 e. The summed E-state index contributed by atoms with van der Waals surface area (Å²) in [5, 5.41) is 10.7. The molecule has 0 aromatic carbocycles. The Morgan fingerprint density at radius 3 is 2.76 bits per heavy atom.